The molecule has 108 valence electrons. The highest BCUT2D eigenvalue weighted by Crippen LogP contribution is 2.44. The molecular formula is C15H19NO3S. The van der Waals surface area contributed by atoms with Gasteiger partial charge in [0.2, 0.25) is 0 Å². The van der Waals surface area contributed by atoms with Crippen LogP contribution in [0.25, 0.3) is 0 Å². The second-order valence-electron chi connectivity index (χ2n) is 6.01. The summed E-state index contributed by atoms with van der Waals surface area (Å²) in [6.45, 7) is 4.98. The molecule has 0 radical (unpaired) electrons. The fourth-order valence-corrected chi connectivity index (χ4v) is 4.09. The van der Waals surface area contributed by atoms with Crippen LogP contribution in [-0.2, 0) is 4.79 Å². The first-order chi connectivity index (χ1) is 9.47. The van der Waals surface area contributed by atoms with Crippen molar-refractivity contribution in [2.75, 3.05) is 13.1 Å². The standard InChI is InChI=1S/C15H19NO3S/c1-8-5-13(20-9(8)2)14(17)16-6-11(10-3-4-10)12(7-16)15(18)19/h5,10-12H,3-4,6-7H2,1-2H3,(H,18,19)/t11-,12+/m0/s1. The molecule has 1 saturated carbocycles. The van der Waals surface area contributed by atoms with Gasteiger partial charge in [0.15, 0.2) is 0 Å². The molecule has 1 aromatic heterocycles. The zero-order chi connectivity index (χ0) is 14.4. The van der Waals surface area contributed by atoms with E-state index in [1.165, 1.54) is 11.3 Å². The Morgan fingerprint density at radius 2 is 2.00 bits per heavy atom. The van der Waals surface area contributed by atoms with Crippen LogP contribution in [-0.4, -0.2) is 35.0 Å². The van der Waals surface area contributed by atoms with Crippen LogP contribution in [0.4, 0.5) is 0 Å². The van der Waals surface area contributed by atoms with Crippen LogP contribution in [0.1, 0.15) is 33.0 Å². The molecule has 1 aliphatic heterocycles. The zero-order valence-corrected chi connectivity index (χ0v) is 12.6. The lowest BCUT2D eigenvalue weighted by Crippen LogP contribution is -2.29. The third-order valence-electron chi connectivity index (χ3n) is 4.57. The molecule has 1 aliphatic carbocycles. The van der Waals surface area contributed by atoms with Gasteiger partial charge in [-0.25, -0.2) is 0 Å². The number of nitrogens with zero attached hydrogens (tertiary/aromatic N) is 1. The Kier molecular flexibility index (Phi) is 3.32. The lowest BCUT2D eigenvalue weighted by Gasteiger charge is -2.15. The minimum atomic E-state index is -0.754. The van der Waals surface area contributed by atoms with Gasteiger partial charge in [-0.1, -0.05) is 0 Å². The molecule has 3 rings (SSSR count). The van der Waals surface area contributed by atoms with Crippen molar-refractivity contribution in [1.29, 1.82) is 0 Å². The molecule has 0 aromatic carbocycles. The predicted molar refractivity (Wildman–Crippen MR) is 77.0 cm³/mol. The van der Waals surface area contributed by atoms with Crippen molar-refractivity contribution >= 4 is 23.2 Å². The van der Waals surface area contributed by atoms with E-state index in [-0.39, 0.29) is 17.7 Å². The number of hydrogen-bond acceptors (Lipinski definition) is 3. The third kappa shape index (κ3) is 2.35. The number of carboxylic acid groups (broad SMARTS) is 1. The van der Waals surface area contributed by atoms with E-state index in [2.05, 4.69) is 0 Å². The van der Waals surface area contributed by atoms with Gasteiger partial charge in [-0.2, -0.15) is 0 Å². The van der Waals surface area contributed by atoms with Crippen molar-refractivity contribution in [2.45, 2.75) is 26.7 Å². The van der Waals surface area contributed by atoms with Crippen molar-refractivity contribution < 1.29 is 14.7 Å². The number of likely N-dealkylation sites (tertiary alicyclic amines) is 1. The van der Waals surface area contributed by atoms with E-state index in [0.29, 0.717) is 19.0 Å². The van der Waals surface area contributed by atoms with Crippen LogP contribution in [0.2, 0.25) is 0 Å². The highest BCUT2D eigenvalue weighted by Gasteiger charge is 2.47. The molecule has 2 atom stereocenters. The summed E-state index contributed by atoms with van der Waals surface area (Å²) in [7, 11) is 0. The van der Waals surface area contributed by atoms with Crippen LogP contribution in [0, 0.1) is 31.6 Å². The van der Waals surface area contributed by atoms with E-state index in [1.54, 1.807) is 4.90 Å². The van der Waals surface area contributed by atoms with Crippen molar-refractivity contribution in [1.82, 2.24) is 4.90 Å². The van der Waals surface area contributed by atoms with Crippen molar-refractivity contribution in [3.63, 3.8) is 0 Å². The van der Waals surface area contributed by atoms with E-state index in [9.17, 15) is 14.7 Å². The molecule has 20 heavy (non-hydrogen) atoms. The average Bonchev–Trinajstić information content (AvgIpc) is 3.05. The average molecular weight is 293 g/mol. The summed E-state index contributed by atoms with van der Waals surface area (Å²) in [4.78, 5) is 27.5. The number of hydrogen-bond donors (Lipinski definition) is 1. The SMILES string of the molecule is Cc1cc(C(=O)N2C[C@@H](C(=O)O)[C@H](C3CC3)C2)sc1C. The molecule has 2 heterocycles. The van der Waals surface area contributed by atoms with Crippen LogP contribution in [0.3, 0.4) is 0 Å². The number of carbonyl (C=O) groups is 2. The van der Waals surface area contributed by atoms with Crippen LogP contribution < -0.4 is 0 Å². The zero-order valence-electron chi connectivity index (χ0n) is 11.8. The molecule has 1 amide bonds. The Bertz CT molecular complexity index is 542. The molecule has 1 aromatic rings. The molecule has 5 heteroatoms. The fourth-order valence-electron chi connectivity index (χ4n) is 3.09. The first kappa shape index (κ1) is 13.6. The highest BCUT2D eigenvalue weighted by atomic mass is 32.1. The van der Waals surface area contributed by atoms with Gasteiger partial charge < -0.3 is 10.0 Å². The second kappa shape index (κ2) is 4.88. The van der Waals surface area contributed by atoms with Gasteiger partial charge in [-0.3, -0.25) is 9.59 Å². The molecule has 1 N–H and O–H groups in total. The van der Waals surface area contributed by atoms with Gasteiger partial charge in [0.05, 0.1) is 10.8 Å². The highest BCUT2D eigenvalue weighted by molar-refractivity contribution is 7.14. The van der Waals surface area contributed by atoms with Gasteiger partial charge in [0.25, 0.3) is 5.91 Å². The van der Waals surface area contributed by atoms with Gasteiger partial charge >= 0.3 is 5.97 Å². The minimum absolute atomic E-state index is 0.000556. The third-order valence-corrected chi connectivity index (χ3v) is 5.71. The second-order valence-corrected chi connectivity index (χ2v) is 7.26. The molecule has 2 fully saturated rings. The maximum atomic E-state index is 12.5. The van der Waals surface area contributed by atoms with Crippen molar-refractivity contribution in [3.05, 3.63) is 21.4 Å². The van der Waals surface area contributed by atoms with E-state index < -0.39 is 5.97 Å². The molecule has 0 unspecified atom stereocenters. The number of carbonyl (C=O) groups excluding carboxylic acids is 1. The van der Waals surface area contributed by atoms with Gasteiger partial charge in [-0.05, 0) is 50.2 Å². The summed E-state index contributed by atoms with van der Waals surface area (Å²) >= 11 is 1.51. The number of thiophene rings is 1. The number of amides is 1. The molecule has 0 bridgehead atoms. The number of aryl methyl sites for hydroxylation is 2. The maximum Gasteiger partial charge on any atom is 0.308 e. The summed E-state index contributed by atoms with van der Waals surface area (Å²) in [6.07, 6.45) is 2.24. The lowest BCUT2D eigenvalue weighted by atomic mass is 9.92. The van der Waals surface area contributed by atoms with E-state index in [0.717, 1.165) is 28.2 Å². The number of carboxylic acids is 1. The topological polar surface area (TPSA) is 57.6 Å². The summed E-state index contributed by atoms with van der Waals surface area (Å²) < 4.78 is 0. The van der Waals surface area contributed by atoms with Crippen molar-refractivity contribution in [2.24, 2.45) is 17.8 Å². The molecular weight excluding hydrogens is 274 g/mol. The summed E-state index contributed by atoms with van der Waals surface area (Å²) in [6, 6.07) is 1.92. The lowest BCUT2D eigenvalue weighted by molar-refractivity contribution is -0.142. The van der Waals surface area contributed by atoms with Crippen LogP contribution in [0.5, 0.6) is 0 Å². The smallest absolute Gasteiger partial charge is 0.308 e. The summed E-state index contributed by atoms with van der Waals surface area (Å²) in [5, 5.41) is 9.34. The first-order valence-corrected chi connectivity index (χ1v) is 7.88. The summed E-state index contributed by atoms with van der Waals surface area (Å²) in [5.74, 6) is -0.468. The largest absolute Gasteiger partial charge is 0.481 e. The van der Waals surface area contributed by atoms with E-state index >= 15 is 0 Å². The predicted octanol–water partition coefficient (Wildman–Crippen LogP) is 2.55. The van der Waals surface area contributed by atoms with Crippen LogP contribution in [0.15, 0.2) is 6.07 Å². The monoisotopic (exact) mass is 293 g/mol. The summed E-state index contributed by atoms with van der Waals surface area (Å²) in [5.41, 5.74) is 1.13. The van der Waals surface area contributed by atoms with Gasteiger partial charge in [0, 0.05) is 18.0 Å². The Hall–Kier alpha value is -1.36. The Morgan fingerprint density at radius 1 is 1.30 bits per heavy atom. The number of aliphatic carboxylic acids is 1. The Labute approximate surface area is 122 Å². The first-order valence-electron chi connectivity index (χ1n) is 7.06. The normalized spacial score (nSPS) is 26.0. The quantitative estimate of drug-likeness (QED) is 0.931. The molecule has 2 aliphatic rings. The molecule has 0 spiro atoms. The van der Waals surface area contributed by atoms with Gasteiger partial charge in [0.1, 0.15) is 0 Å². The minimum Gasteiger partial charge on any atom is -0.481 e. The molecule has 4 nitrogen and oxygen atoms in total. The van der Waals surface area contributed by atoms with E-state index in [1.807, 2.05) is 19.9 Å². The van der Waals surface area contributed by atoms with Crippen molar-refractivity contribution in [3.8, 4) is 0 Å². The van der Waals surface area contributed by atoms with Crippen LogP contribution >= 0.6 is 11.3 Å². The molecule has 1 saturated heterocycles. The Balaban J connectivity index is 1.77. The number of rotatable bonds is 3. The van der Waals surface area contributed by atoms with Gasteiger partial charge in [-0.15, -0.1) is 11.3 Å². The van der Waals surface area contributed by atoms with E-state index in [4.69, 9.17) is 0 Å². The maximum absolute atomic E-state index is 12.5. The fraction of sp³-hybridized carbons (Fsp3) is 0.600. The Morgan fingerprint density at radius 3 is 2.50 bits per heavy atom.